The molecule has 0 saturated carbocycles. The van der Waals surface area contributed by atoms with Gasteiger partial charge in [-0.15, -0.1) is 0 Å². The SMILES string of the molecule is C[C@@H](NC(=O)Cc1ccc(Cl)cc1F)c1ccc(C(C)(C)C)cc1. The molecule has 0 spiro atoms. The van der Waals surface area contributed by atoms with E-state index in [1.165, 1.54) is 11.6 Å². The Hall–Kier alpha value is -1.87. The smallest absolute Gasteiger partial charge is 0.225 e. The van der Waals surface area contributed by atoms with Gasteiger partial charge in [0, 0.05) is 5.02 Å². The second-order valence-electron chi connectivity index (χ2n) is 7.07. The lowest BCUT2D eigenvalue weighted by Gasteiger charge is -2.20. The van der Waals surface area contributed by atoms with E-state index in [1.807, 2.05) is 19.1 Å². The molecule has 1 amide bonds. The first-order chi connectivity index (χ1) is 11.2. The summed E-state index contributed by atoms with van der Waals surface area (Å²) in [6.45, 7) is 8.40. The molecule has 0 aliphatic carbocycles. The second-order valence-corrected chi connectivity index (χ2v) is 7.51. The van der Waals surface area contributed by atoms with Crippen LogP contribution in [0.2, 0.25) is 5.02 Å². The molecule has 0 unspecified atom stereocenters. The van der Waals surface area contributed by atoms with Crippen molar-refractivity contribution in [2.24, 2.45) is 0 Å². The van der Waals surface area contributed by atoms with Crippen molar-refractivity contribution in [3.8, 4) is 0 Å². The zero-order chi connectivity index (χ0) is 17.9. The molecule has 0 fully saturated rings. The van der Waals surface area contributed by atoms with Gasteiger partial charge < -0.3 is 5.32 Å². The molecule has 2 aromatic carbocycles. The maximum Gasteiger partial charge on any atom is 0.225 e. The Balaban J connectivity index is 2.01. The number of hydrogen-bond acceptors (Lipinski definition) is 1. The first-order valence-electron chi connectivity index (χ1n) is 8.00. The summed E-state index contributed by atoms with van der Waals surface area (Å²) in [5, 5.41) is 3.23. The number of carbonyl (C=O) groups is 1. The summed E-state index contributed by atoms with van der Waals surface area (Å²) in [5.41, 5.74) is 2.70. The highest BCUT2D eigenvalue weighted by Crippen LogP contribution is 2.24. The minimum atomic E-state index is -0.458. The van der Waals surface area contributed by atoms with Crippen LogP contribution < -0.4 is 5.32 Å². The Labute approximate surface area is 148 Å². The van der Waals surface area contributed by atoms with Crippen molar-refractivity contribution in [2.75, 3.05) is 0 Å². The molecule has 2 rings (SSSR count). The predicted molar refractivity (Wildman–Crippen MR) is 96.8 cm³/mol. The molecule has 1 N–H and O–H groups in total. The van der Waals surface area contributed by atoms with Crippen LogP contribution in [0, 0.1) is 5.82 Å². The van der Waals surface area contributed by atoms with Gasteiger partial charge in [0.2, 0.25) is 5.91 Å². The minimum absolute atomic E-state index is 0.00653. The second kappa shape index (κ2) is 7.35. The molecule has 0 aliphatic rings. The van der Waals surface area contributed by atoms with E-state index in [2.05, 4.69) is 38.2 Å². The van der Waals surface area contributed by atoms with Crippen LogP contribution in [0.4, 0.5) is 4.39 Å². The van der Waals surface area contributed by atoms with E-state index in [9.17, 15) is 9.18 Å². The largest absolute Gasteiger partial charge is 0.349 e. The molecule has 2 aromatic rings. The molecule has 128 valence electrons. The Morgan fingerprint density at radius 2 is 1.79 bits per heavy atom. The van der Waals surface area contributed by atoms with Crippen molar-refractivity contribution < 1.29 is 9.18 Å². The fourth-order valence-corrected chi connectivity index (χ4v) is 2.64. The fraction of sp³-hybridized carbons (Fsp3) is 0.350. The number of halogens is 2. The summed E-state index contributed by atoms with van der Waals surface area (Å²) >= 11 is 5.72. The molecule has 0 aliphatic heterocycles. The van der Waals surface area contributed by atoms with Crippen molar-refractivity contribution in [2.45, 2.75) is 45.6 Å². The third-order valence-corrected chi connectivity index (χ3v) is 4.26. The van der Waals surface area contributed by atoms with Crippen LogP contribution in [-0.2, 0) is 16.6 Å². The molecular weight excluding hydrogens is 325 g/mol. The quantitative estimate of drug-likeness (QED) is 0.809. The average Bonchev–Trinajstić information content (AvgIpc) is 2.49. The van der Waals surface area contributed by atoms with Crippen LogP contribution in [0.5, 0.6) is 0 Å². The first-order valence-corrected chi connectivity index (χ1v) is 8.38. The summed E-state index contributed by atoms with van der Waals surface area (Å²) in [4.78, 5) is 12.1. The van der Waals surface area contributed by atoms with Crippen LogP contribution in [-0.4, -0.2) is 5.91 Å². The van der Waals surface area contributed by atoms with Gasteiger partial charge in [-0.25, -0.2) is 4.39 Å². The van der Waals surface area contributed by atoms with Gasteiger partial charge in [-0.2, -0.15) is 0 Å². The molecule has 0 radical (unpaired) electrons. The molecule has 24 heavy (non-hydrogen) atoms. The maximum atomic E-state index is 13.8. The van der Waals surface area contributed by atoms with Gasteiger partial charge in [0.1, 0.15) is 5.82 Å². The van der Waals surface area contributed by atoms with E-state index < -0.39 is 5.82 Å². The molecule has 2 nitrogen and oxygen atoms in total. The monoisotopic (exact) mass is 347 g/mol. The standard InChI is InChI=1S/C20H23ClFNO/c1-13(14-5-8-16(9-6-14)20(2,3)4)23-19(24)11-15-7-10-17(21)12-18(15)22/h5-10,12-13H,11H2,1-4H3,(H,23,24)/t13-/m1/s1. The van der Waals surface area contributed by atoms with E-state index in [4.69, 9.17) is 11.6 Å². The molecule has 4 heteroatoms. The van der Waals surface area contributed by atoms with E-state index in [-0.39, 0.29) is 23.8 Å². The van der Waals surface area contributed by atoms with Gasteiger partial charge in [-0.3, -0.25) is 4.79 Å². The predicted octanol–water partition coefficient (Wildman–Crippen LogP) is 5.20. The normalized spacial score (nSPS) is 12.8. The van der Waals surface area contributed by atoms with Crippen LogP contribution in [0.25, 0.3) is 0 Å². The van der Waals surface area contributed by atoms with Gasteiger partial charge in [0.05, 0.1) is 12.5 Å². The van der Waals surface area contributed by atoms with Crippen LogP contribution in [0.1, 0.15) is 50.4 Å². The van der Waals surface area contributed by atoms with Gasteiger partial charge >= 0.3 is 0 Å². The average molecular weight is 348 g/mol. The third kappa shape index (κ3) is 4.81. The first kappa shape index (κ1) is 18.5. The van der Waals surface area contributed by atoms with Crippen molar-refractivity contribution in [1.29, 1.82) is 0 Å². The Kier molecular flexibility index (Phi) is 5.66. The van der Waals surface area contributed by atoms with Gasteiger partial charge in [0.15, 0.2) is 0 Å². The number of carbonyl (C=O) groups excluding carboxylic acids is 1. The highest BCUT2D eigenvalue weighted by molar-refractivity contribution is 6.30. The van der Waals surface area contributed by atoms with Crippen molar-refractivity contribution in [3.63, 3.8) is 0 Å². The zero-order valence-electron chi connectivity index (χ0n) is 14.5. The number of amides is 1. The maximum absolute atomic E-state index is 13.8. The lowest BCUT2D eigenvalue weighted by Crippen LogP contribution is -2.28. The van der Waals surface area contributed by atoms with Crippen LogP contribution in [0.15, 0.2) is 42.5 Å². The number of nitrogens with one attached hydrogen (secondary N) is 1. The lowest BCUT2D eigenvalue weighted by atomic mass is 9.86. The topological polar surface area (TPSA) is 29.1 Å². The van der Waals surface area contributed by atoms with Crippen molar-refractivity contribution in [3.05, 3.63) is 70.0 Å². The number of hydrogen-bond donors (Lipinski definition) is 1. The minimum Gasteiger partial charge on any atom is -0.349 e. The summed E-state index contributed by atoms with van der Waals surface area (Å²) in [6.07, 6.45) is -0.00653. The summed E-state index contributed by atoms with van der Waals surface area (Å²) < 4.78 is 13.8. The third-order valence-electron chi connectivity index (χ3n) is 4.02. The van der Waals surface area contributed by atoms with Crippen LogP contribution >= 0.6 is 11.6 Å². The highest BCUT2D eigenvalue weighted by Gasteiger charge is 2.15. The Bertz CT molecular complexity index is 719. The molecular formula is C20H23ClFNO. The van der Waals surface area contributed by atoms with Gasteiger partial charge in [0.25, 0.3) is 0 Å². The van der Waals surface area contributed by atoms with E-state index >= 15 is 0 Å². The molecule has 0 saturated heterocycles. The van der Waals surface area contributed by atoms with Crippen molar-refractivity contribution >= 4 is 17.5 Å². The summed E-state index contributed by atoms with van der Waals surface area (Å²) in [5.74, 6) is -0.677. The summed E-state index contributed by atoms with van der Waals surface area (Å²) in [7, 11) is 0. The highest BCUT2D eigenvalue weighted by atomic mass is 35.5. The molecule has 0 aromatic heterocycles. The molecule has 0 bridgehead atoms. The van der Waals surface area contributed by atoms with Crippen LogP contribution in [0.3, 0.4) is 0 Å². The molecule has 0 heterocycles. The number of rotatable bonds is 4. The Morgan fingerprint density at radius 3 is 2.33 bits per heavy atom. The summed E-state index contributed by atoms with van der Waals surface area (Å²) in [6, 6.07) is 12.4. The zero-order valence-corrected chi connectivity index (χ0v) is 15.2. The van der Waals surface area contributed by atoms with Crippen molar-refractivity contribution in [1.82, 2.24) is 5.32 Å². The fourth-order valence-electron chi connectivity index (χ4n) is 2.49. The van der Waals surface area contributed by atoms with E-state index in [0.717, 1.165) is 5.56 Å². The van der Waals surface area contributed by atoms with E-state index in [0.29, 0.717) is 10.6 Å². The Morgan fingerprint density at radius 1 is 1.17 bits per heavy atom. The number of benzene rings is 2. The van der Waals surface area contributed by atoms with Gasteiger partial charge in [-0.1, -0.05) is 62.7 Å². The lowest BCUT2D eigenvalue weighted by molar-refractivity contribution is -0.121. The van der Waals surface area contributed by atoms with E-state index in [1.54, 1.807) is 12.1 Å². The molecule has 1 atom stereocenters. The van der Waals surface area contributed by atoms with Gasteiger partial charge in [-0.05, 0) is 41.2 Å².